The molecule has 2 N–H and O–H groups in total. The van der Waals surface area contributed by atoms with Gasteiger partial charge in [-0.05, 0) is 24.6 Å². The molecule has 0 aliphatic heterocycles. The number of carbonyl (C=O) groups excluding carboxylic acids is 2. The van der Waals surface area contributed by atoms with Crippen molar-refractivity contribution in [3.63, 3.8) is 0 Å². The zero-order chi connectivity index (χ0) is 22.3. The van der Waals surface area contributed by atoms with Gasteiger partial charge in [0.2, 0.25) is 0 Å². The Morgan fingerprint density at radius 3 is 2.73 bits per heavy atom. The Kier molecular flexibility index (Phi) is 7.92. The van der Waals surface area contributed by atoms with Crippen molar-refractivity contribution in [3.8, 4) is 11.9 Å². The Hall–Kier alpha value is -3.41. The van der Waals surface area contributed by atoms with Crippen LogP contribution in [0.1, 0.15) is 23.8 Å². The lowest BCUT2D eigenvalue weighted by Gasteiger charge is -2.15. The van der Waals surface area contributed by atoms with E-state index in [1.54, 1.807) is 25.1 Å². The first-order valence-corrected chi connectivity index (χ1v) is 9.40. The summed E-state index contributed by atoms with van der Waals surface area (Å²) >= 11 is 12.2. The summed E-state index contributed by atoms with van der Waals surface area (Å²) in [4.78, 5) is 29.5. The molecule has 0 fully saturated rings. The van der Waals surface area contributed by atoms with Gasteiger partial charge in [0.05, 0.1) is 28.8 Å². The van der Waals surface area contributed by atoms with E-state index < -0.39 is 11.8 Å². The predicted octanol–water partition coefficient (Wildman–Crippen LogP) is 3.35. The van der Waals surface area contributed by atoms with E-state index in [0.717, 1.165) is 0 Å². The lowest BCUT2D eigenvalue weighted by Crippen LogP contribution is -2.30. The van der Waals surface area contributed by atoms with Crippen LogP contribution in [0.25, 0.3) is 5.82 Å². The molecule has 154 valence electrons. The van der Waals surface area contributed by atoms with E-state index in [9.17, 15) is 9.59 Å². The molecular weight excluding hydrogens is 427 g/mol. The van der Waals surface area contributed by atoms with Gasteiger partial charge in [0.15, 0.2) is 11.0 Å². The number of hydrogen-bond donors (Lipinski definition) is 2. The topological polar surface area (TPSA) is 113 Å². The van der Waals surface area contributed by atoms with Crippen LogP contribution < -0.4 is 10.6 Å². The van der Waals surface area contributed by atoms with Crippen LogP contribution in [0.4, 0.5) is 0 Å². The van der Waals surface area contributed by atoms with Crippen LogP contribution in [0.2, 0.25) is 10.2 Å². The number of rotatable bonds is 7. The van der Waals surface area contributed by atoms with Gasteiger partial charge >= 0.3 is 0 Å². The van der Waals surface area contributed by atoms with E-state index in [4.69, 9.17) is 28.5 Å². The van der Waals surface area contributed by atoms with E-state index >= 15 is 0 Å². The van der Waals surface area contributed by atoms with E-state index in [0.29, 0.717) is 5.57 Å². The molecule has 0 saturated carbocycles. The maximum atomic E-state index is 13.1. The molecule has 0 atom stereocenters. The van der Waals surface area contributed by atoms with E-state index in [-0.39, 0.29) is 39.4 Å². The minimum atomic E-state index is -0.612. The van der Waals surface area contributed by atoms with Gasteiger partial charge in [-0.3, -0.25) is 9.59 Å². The van der Waals surface area contributed by atoms with Gasteiger partial charge in [-0.1, -0.05) is 41.9 Å². The third-order valence-corrected chi connectivity index (χ3v) is 4.41. The largest absolute Gasteiger partial charge is 0.355 e. The predicted molar refractivity (Wildman–Crippen MR) is 114 cm³/mol. The van der Waals surface area contributed by atoms with Crippen LogP contribution in [0.15, 0.2) is 60.0 Å². The van der Waals surface area contributed by atoms with Gasteiger partial charge in [0.1, 0.15) is 5.69 Å². The summed E-state index contributed by atoms with van der Waals surface area (Å²) in [5, 5.41) is 18.4. The molecule has 2 heterocycles. The molecule has 0 unspecified atom stereocenters. The highest BCUT2D eigenvalue weighted by atomic mass is 35.5. The molecule has 30 heavy (non-hydrogen) atoms. The molecule has 0 spiro atoms. The smallest absolute Gasteiger partial charge is 0.274 e. The number of nitriles is 1. The number of likely N-dealkylation sites (N-methyl/N-ethyl adjacent to an activating group) is 1. The van der Waals surface area contributed by atoms with Crippen LogP contribution in [0.5, 0.6) is 0 Å². The number of hydrogen-bond acceptors (Lipinski definition) is 5. The number of pyridine rings is 1. The zero-order valence-electron chi connectivity index (χ0n) is 16.2. The molecule has 0 aliphatic rings. The quantitative estimate of drug-likeness (QED) is 0.502. The molecular formula is C20H18Cl2N6O2. The van der Waals surface area contributed by atoms with Gasteiger partial charge in [-0.15, -0.1) is 0 Å². The number of aromatic nitrogens is 3. The van der Waals surface area contributed by atoms with E-state index in [1.165, 1.54) is 30.1 Å². The lowest BCUT2D eigenvalue weighted by molar-refractivity contribution is -0.116. The second-order valence-corrected chi connectivity index (χ2v) is 6.64. The molecule has 2 rings (SSSR count). The van der Waals surface area contributed by atoms with Crippen molar-refractivity contribution in [1.82, 2.24) is 25.4 Å². The van der Waals surface area contributed by atoms with Gasteiger partial charge in [0.25, 0.3) is 11.8 Å². The normalized spacial score (nSPS) is 11.9. The standard InChI is InChI=1S/C20H18Cl2N6O2/c1-4-13(19(29)24-3)17(12(2)7-5-9-23)26-20(30)15-11-16(22)27-28(15)18-14(21)8-6-10-25-18/h4,6-8,10-11H,1,5H2,2-3H3,(H,24,29)(H,26,30)/b12-7-,17-13-. The maximum absolute atomic E-state index is 13.1. The summed E-state index contributed by atoms with van der Waals surface area (Å²) in [6.07, 6.45) is 4.50. The Morgan fingerprint density at radius 2 is 2.13 bits per heavy atom. The van der Waals surface area contributed by atoms with Crippen LogP contribution in [-0.4, -0.2) is 33.6 Å². The highest BCUT2D eigenvalue weighted by molar-refractivity contribution is 6.32. The molecule has 2 amide bonds. The minimum Gasteiger partial charge on any atom is -0.355 e. The fourth-order valence-corrected chi connectivity index (χ4v) is 2.89. The van der Waals surface area contributed by atoms with Crippen molar-refractivity contribution in [1.29, 1.82) is 5.26 Å². The highest BCUT2D eigenvalue weighted by Crippen LogP contribution is 2.22. The number of carbonyl (C=O) groups is 2. The SMILES string of the molecule is C=C/C(C(=O)NC)=C(NC(=O)c1cc(Cl)nn1-c1ncccc1Cl)\C(C)=C/CC#N. The Balaban J connectivity index is 2.56. The van der Waals surface area contributed by atoms with Crippen LogP contribution in [-0.2, 0) is 4.79 Å². The maximum Gasteiger partial charge on any atom is 0.274 e. The molecule has 2 aromatic rings. The molecule has 0 saturated heterocycles. The van der Waals surface area contributed by atoms with Crippen molar-refractivity contribution >= 4 is 35.0 Å². The number of amides is 2. The minimum absolute atomic E-state index is 0.0477. The lowest BCUT2D eigenvalue weighted by atomic mass is 10.1. The van der Waals surface area contributed by atoms with Gasteiger partial charge in [-0.25, -0.2) is 9.67 Å². The first-order chi connectivity index (χ1) is 14.3. The number of halogens is 2. The Morgan fingerprint density at radius 1 is 1.40 bits per heavy atom. The summed E-state index contributed by atoms with van der Waals surface area (Å²) < 4.78 is 1.21. The van der Waals surface area contributed by atoms with Crippen LogP contribution >= 0.6 is 23.2 Å². The zero-order valence-corrected chi connectivity index (χ0v) is 17.8. The molecule has 10 heteroatoms. The second-order valence-electron chi connectivity index (χ2n) is 5.85. The van der Waals surface area contributed by atoms with Crippen molar-refractivity contribution in [2.24, 2.45) is 0 Å². The summed E-state index contributed by atoms with van der Waals surface area (Å²) in [5.41, 5.74) is 0.883. The number of nitrogens with one attached hydrogen (secondary N) is 2. The fraction of sp³-hybridized carbons (Fsp3) is 0.150. The van der Waals surface area contributed by atoms with E-state index in [1.807, 2.05) is 6.07 Å². The van der Waals surface area contributed by atoms with Crippen molar-refractivity contribution in [2.75, 3.05) is 7.05 Å². The average Bonchev–Trinajstić information content (AvgIpc) is 3.13. The number of allylic oxidation sites excluding steroid dienone is 2. The molecule has 0 aromatic carbocycles. The Labute approximate surface area is 183 Å². The van der Waals surface area contributed by atoms with Crippen LogP contribution in [0.3, 0.4) is 0 Å². The summed E-state index contributed by atoms with van der Waals surface area (Å²) in [6, 6.07) is 6.57. The van der Waals surface area contributed by atoms with E-state index in [2.05, 4.69) is 27.3 Å². The molecule has 2 aromatic heterocycles. The second kappa shape index (κ2) is 10.4. The highest BCUT2D eigenvalue weighted by Gasteiger charge is 2.22. The third kappa shape index (κ3) is 5.14. The van der Waals surface area contributed by atoms with Crippen molar-refractivity contribution in [2.45, 2.75) is 13.3 Å². The molecule has 8 nitrogen and oxygen atoms in total. The molecule has 0 radical (unpaired) electrons. The first kappa shape index (κ1) is 22.9. The van der Waals surface area contributed by atoms with Gasteiger partial charge in [0, 0.05) is 19.3 Å². The summed E-state index contributed by atoms with van der Waals surface area (Å²) in [7, 11) is 1.46. The first-order valence-electron chi connectivity index (χ1n) is 8.64. The Bertz CT molecular complexity index is 1090. The van der Waals surface area contributed by atoms with Crippen molar-refractivity contribution < 1.29 is 9.59 Å². The monoisotopic (exact) mass is 444 g/mol. The van der Waals surface area contributed by atoms with Crippen LogP contribution in [0, 0.1) is 11.3 Å². The van der Waals surface area contributed by atoms with Gasteiger partial charge < -0.3 is 10.6 Å². The molecule has 0 bridgehead atoms. The average molecular weight is 445 g/mol. The summed E-state index contributed by atoms with van der Waals surface area (Å²) in [6.45, 7) is 5.31. The summed E-state index contributed by atoms with van der Waals surface area (Å²) in [5.74, 6) is -0.850. The third-order valence-electron chi connectivity index (χ3n) is 3.93. The van der Waals surface area contributed by atoms with Gasteiger partial charge in [-0.2, -0.15) is 10.4 Å². The number of nitrogens with zero attached hydrogens (tertiary/aromatic N) is 4. The molecule has 0 aliphatic carbocycles. The van der Waals surface area contributed by atoms with Crippen molar-refractivity contribution in [3.05, 3.63) is 75.8 Å². The fourth-order valence-electron chi connectivity index (χ4n) is 2.51.